The lowest BCUT2D eigenvalue weighted by Gasteiger charge is -2.19. The molecular formula is C26H30N2O5S. The predicted octanol–water partition coefficient (Wildman–Crippen LogP) is 3.34. The van der Waals surface area contributed by atoms with Crippen molar-refractivity contribution in [1.29, 1.82) is 0 Å². The summed E-state index contributed by atoms with van der Waals surface area (Å²) < 4.78 is 39.2. The van der Waals surface area contributed by atoms with Crippen LogP contribution >= 0.6 is 0 Å². The van der Waals surface area contributed by atoms with Crippen LogP contribution in [0.3, 0.4) is 0 Å². The van der Waals surface area contributed by atoms with Gasteiger partial charge in [0.25, 0.3) is 0 Å². The number of benzene rings is 3. The van der Waals surface area contributed by atoms with E-state index in [0.717, 1.165) is 16.9 Å². The minimum atomic E-state index is -3.92. The molecule has 8 heteroatoms. The number of nitrogens with one attached hydrogen (secondary N) is 2. The molecule has 0 heterocycles. The number of ether oxygens (including phenoxy) is 2. The Morgan fingerprint density at radius 2 is 1.53 bits per heavy atom. The molecule has 2 N–H and O–H groups in total. The van der Waals surface area contributed by atoms with Gasteiger partial charge >= 0.3 is 0 Å². The molecule has 0 aliphatic rings. The molecule has 0 aliphatic carbocycles. The van der Waals surface area contributed by atoms with Gasteiger partial charge in [-0.25, -0.2) is 8.42 Å². The first kappa shape index (κ1) is 25.3. The standard InChI is InChI=1S/C26H30N2O5S/c1-3-33-23-13-15-24(16-14-23)34(30,31)28-25(19-21-7-5-4-6-8-21)26(29)27-18-17-20-9-11-22(32-2)12-10-20/h4-16,25,28H,3,17-19H2,1-2H3,(H,27,29). The normalized spacial score (nSPS) is 12.1. The molecule has 0 radical (unpaired) electrons. The molecule has 0 fully saturated rings. The number of carbonyl (C=O) groups excluding carboxylic acids is 1. The summed E-state index contributed by atoms with van der Waals surface area (Å²) in [5.41, 5.74) is 1.89. The number of hydrogen-bond donors (Lipinski definition) is 2. The molecule has 1 amide bonds. The van der Waals surface area contributed by atoms with Crippen molar-refractivity contribution in [3.63, 3.8) is 0 Å². The minimum Gasteiger partial charge on any atom is -0.497 e. The van der Waals surface area contributed by atoms with Crippen LogP contribution in [-0.4, -0.2) is 40.6 Å². The van der Waals surface area contributed by atoms with Gasteiger partial charge < -0.3 is 14.8 Å². The predicted molar refractivity (Wildman–Crippen MR) is 132 cm³/mol. The van der Waals surface area contributed by atoms with Gasteiger partial charge in [-0.3, -0.25) is 4.79 Å². The Hall–Kier alpha value is -3.36. The summed E-state index contributed by atoms with van der Waals surface area (Å²) in [6.45, 7) is 2.72. The summed E-state index contributed by atoms with van der Waals surface area (Å²) >= 11 is 0. The van der Waals surface area contributed by atoms with Crippen molar-refractivity contribution in [3.8, 4) is 11.5 Å². The van der Waals surface area contributed by atoms with E-state index in [4.69, 9.17) is 9.47 Å². The molecule has 0 saturated heterocycles. The van der Waals surface area contributed by atoms with Crippen LogP contribution in [0.5, 0.6) is 11.5 Å². The summed E-state index contributed by atoms with van der Waals surface area (Å²) in [6, 6.07) is 22.1. The SMILES string of the molecule is CCOc1ccc(S(=O)(=O)NC(Cc2ccccc2)C(=O)NCCc2ccc(OC)cc2)cc1. The molecule has 3 rings (SSSR count). The molecule has 0 aliphatic heterocycles. The molecule has 3 aromatic carbocycles. The molecule has 0 saturated carbocycles. The van der Waals surface area contributed by atoms with Crippen LogP contribution in [0.2, 0.25) is 0 Å². The Kier molecular flexibility index (Phi) is 9.07. The molecule has 7 nitrogen and oxygen atoms in total. The Morgan fingerprint density at radius 1 is 0.882 bits per heavy atom. The zero-order valence-corrected chi connectivity index (χ0v) is 20.2. The third kappa shape index (κ3) is 7.33. The zero-order valence-electron chi connectivity index (χ0n) is 19.4. The highest BCUT2D eigenvalue weighted by Gasteiger charge is 2.26. The molecule has 0 bridgehead atoms. The number of sulfonamides is 1. The van der Waals surface area contributed by atoms with E-state index in [9.17, 15) is 13.2 Å². The summed E-state index contributed by atoms with van der Waals surface area (Å²) in [4.78, 5) is 13.1. The number of hydrogen-bond acceptors (Lipinski definition) is 5. The van der Waals surface area contributed by atoms with Crippen molar-refractivity contribution < 1.29 is 22.7 Å². The molecule has 1 atom stereocenters. The van der Waals surface area contributed by atoms with Gasteiger partial charge in [-0.15, -0.1) is 0 Å². The Balaban J connectivity index is 1.69. The van der Waals surface area contributed by atoms with Crippen LogP contribution in [-0.2, 0) is 27.7 Å². The average Bonchev–Trinajstić information content (AvgIpc) is 2.85. The first-order chi connectivity index (χ1) is 16.4. The number of rotatable bonds is 12. The van der Waals surface area contributed by atoms with E-state index in [0.29, 0.717) is 25.3 Å². The number of methoxy groups -OCH3 is 1. The average molecular weight is 483 g/mol. The van der Waals surface area contributed by atoms with Gasteiger partial charge in [-0.05, 0) is 67.3 Å². The maximum absolute atomic E-state index is 13.0. The first-order valence-electron chi connectivity index (χ1n) is 11.1. The van der Waals surface area contributed by atoms with Crippen LogP contribution in [0.25, 0.3) is 0 Å². The Bertz CT molecular complexity index is 1150. The largest absolute Gasteiger partial charge is 0.497 e. The Labute approximate surface area is 201 Å². The number of carbonyl (C=O) groups is 1. The second-order valence-corrected chi connectivity index (χ2v) is 9.37. The minimum absolute atomic E-state index is 0.0695. The van der Waals surface area contributed by atoms with Crippen LogP contribution in [0.1, 0.15) is 18.1 Å². The summed E-state index contributed by atoms with van der Waals surface area (Å²) in [5, 5.41) is 2.86. The topological polar surface area (TPSA) is 93.7 Å². The van der Waals surface area contributed by atoms with Gasteiger partial charge in [0.05, 0.1) is 18.6 Å². The highest BCUT2D eigenvalue weighted by Crippen LogP contribution is 2.17. The lowest BCUT2D eigenvalue weighted by atomic mass is 10.1. The van der Waals surface area contributed by atoms with Gasteiger partial charge in [-0.1, -0.05) is 42.5 Å². The maximum atomic E-state index is 13.0. The van der Waals surface area contributed by atoms with Gasteiger partial charge in [0.15, 0.2) is 0 Å². The van der Waals surface area contributed by atoms with Crippen molar-refractivity contribution in [2.75, 3.05) is 20.3 Å². The summed E-state index contributed by atoms with van der Waals surface area (Å²) in [6.07, 6.45) is 0.838. The molecule has 180 valence electrons. The monoisotopic (exact) mass is 482 g/mol. The van der Waals surface area contributed by atoms with E-state index in [2.05, 4.69) is 10.0 Å². The van der Waals surface area contributed by atoms with Crippen LogP contribution < -0.4 is 19.5 Å². The smallest absolute Gasteiger partial charge is 0.241 e. The highest BCUT2D eigenvalue weighted by molar-refractivity contribution is 7.89. The molecule has 3 aromatic rings. The lowest BCUT2D eigenvalue weighted by molar-refractivity contribution is -0.122. The first-order valence-corrected chi connectivity index (χ1v) is 12.6. The fourth-order valence-corrected chi connectivity index (χ4v) is 4.62. The van der Waals surface area contributed by atoms with E-state index in [-0.39, 0.29) is 17.2 Å². The molecule has 34 heavy (non-hydrogen) atoms. The van der Waals surface area contributed by atoms with E-state index >= 15 is 0 Å². The second kappa shape index (κ2) is 12.2. The van der Waals surface area contributed by atoms with Gasteiger partial charge in [0.1, 0.15) is 17.5 Å². The van der Waals surface area contributed by atoms with Crippen LogP contribution in [0, 0.1) is 0 Å². The fraction of sp³-hybridized carbons (Fsp3) is 0.269. The fourth-order valence-electron chi connectivity index (χ4n) is 3.42. The molecular weight excluding hydrogens is 452 g/mol. The molecule has 0 aromatic heterocycles. The van der Waals surface area contributed by atoms with E-state index < -0.39 is 16.1 Å². The lowest BCUT2D eigenvalue weighted by Crippen LogP contribution is -2.48. The van der Waals surface area contributed by atoms with Crippen molar-refractivity contribution in [2.24, 2.45) is 0 Å². The van der Waals surface area contributed by atoms with E-state index in [1.54, 1.807) is 19.2 Å². The number of amides is 1. The van der Waals surface area contributed by atoms with Crippen LogP contribution in [0.4, 0.5) is 0 Å². The Morgan fingerprint density at radius 3 is 2.15 bits per heavy atom. The van der Waals surface area contributed by atoms with Crippen molar-refractivity contribution in [1.82, 2.24) is 10.0 Å². The molecule has 1 unspecified atom stereocenters. The summed E-state index contributed by atoms with van der Waals surface area (Å²) in [7, 11) is -2.31. The van der Waals surface area contributed by atoms with Gasteiger partial charge in [-0.2, -0.15) is 4.72 Å². The second-order valence-electron chi connectivity index (χ2n) is 7.66. The maximum Gasteiger partial charge on any atom is 0.241 e. The third-order valence-electron chi connectivity index (χ3n) is 5.21. The van der Waals surface area contributed by atoms with E-state index in [1.165, 1.54) is 12.1 Å². The quantitative estimate of drug-likeness (QED) is 0.413. The summed E-state index contributed by atoms with van der Waals surface area (Å²) in [5.74, 6) is 0.963. The van der Waals surface area contributed by atoms with E-state index in [1.807, 2.05) is 61.5 Å². The third-order valence-corrected chi connectivity index (χ3v) is 6.70. The van der Waals surface area contributed by atoms with Crippen molar-refractivity contribution in [3.05, 3.63) is 90.0 Å². The highest BCUT2D eigenvalue weighted by atomic mass is 32.2. The molecule has 0 spiro atoms. The van der Waals surface area contributed by atoms with Gasteiger partial charge in [0.2, 0.25) is 15.9 Å². The zero-order chi connectivity index (χ0) is 24.4. The van der Waals surface area contributed by atoms with Gasteiger partial charge in [0, 0.05) is 6.54 Å². The van der Waals surface area contributed by atoms with Crippen molar-refractivity contribution >= 4 is 15.9 Å². The van der Waals surface area contributed by atoms with Crippen molar-refractivity contribution in [2.45, 2.75) is 30.7 Å². The van der Waals surface area contributed by atoms with Crippen LogP contribution in [0.15, 0.2) is 83.8 Å².